The molecule has 0 unspecified atom stereocenters. The average Bonchev–Trinajstić information content (AvgIpc) is 1.87. The average molecular weight is 86.1 g/mol. The third kappa shape index (κ3) is 0.571. The molecule has 0 saturated carbocycles. The van der Waals surface area contributed by atoms with Crippen LogP contribution in [0.25, 0.3) is 0 Å². The van der Waals surface area contributed by atoms with E-state index in [0.717, 1.165) is 0 Å². The zero-order valence-electron chi connectivity index (χ0n) is 4.48. The molecule has 0 aromatic rings. The Labute approximate surface area is 38.0 Å². The second kappa shape index (κ2) is 1.39. The van der Waals surface area contributed by atoms with Gasteiger partial charge in [-0.05, 0) is 0 Å². The lowest BCUT2D eigenvalue weighted by Crippen LogP contribution is -2.07. The predicted molar refractivity (Wildman–Crippen MR) is 22.5 cm³/mol. The molecule has 0 amide bonds. The monoisotopic (exact) mass is 86.1 g/mol. The minimum absolute atomic E-state index is 0.190. The van der Waals surface area contributed by atoms with E-state index in [4.69, 9.17) is 1.41 Å². The minimum atomic E-state index is 0.190. The van der Waals surface area contributed by atoms with Gasteiger partial charge in [-0.3, -0.25) is 4.79 Å². The van der Waals surface area contributed by atoms with Gasteiger partial charge in [0.05, 0.1) is 6.54 Å². The van der Waals surface area contributed by atoms with Crippen LogP contribution < -0.4 is 5.31 Å². The number of rotatable bonds is 0. The lowest BCUT2D eigenvalue weighted by molar-refractivity contribution is -0.116. The molecule has 0 aromatic heterocycles. The highest BCUT2D eigenvalue weighted by Crippen LogP contribution is 1.85. The predicted octanol–water partition coefficient (Wildman–Crippen LogP) is -0.451. The molecule has 1 saturated heterocycles. The van der Waals surface area contributed by atoms with E-state index in [1.807, 2.05) is 0 Å². The van der Waals surface area contributed by atoms with Gasteiger partial charge in [0.2, 0.25) is 0 Å². The lowest BCUT2D eigenvalue weighted by atomic mass is 10.4. The number of ketones is 1. The van der Waals surface area contributed by atoms with Crippen LogP contribution >= 0.6 is 0 Å². The number of carbonyl (C=O) groups is 1. The summed E-state index contributed by atoms with van der Waals surface area (Å²) in [6.45, 7) is 0.957. The van der Waals surface area contributed by atoms with Crippen molar-refractivity contribution in [3.8, 4) is 0 Å². The first-order valence-electron chi connectivity index (χ1n) is 2.49. The highest BCUT2D eigenvalue weighted by molar-refractivity contribution is 5.82. The summed E-state index contributed by atoms with van der Waals surface area (Å²) in [5, 5.41) is 1.28. The van der Waals surface area contributed by atoms with Crippen molar-refractivity contribution in [1.82, 2.24) is 5.31 Å². The largest absolute Gasteiger partial charge is 0.310 e. The van der Waals surface area contributed by atoms with Gasteiger partial charge in [0, 0.05) is 13.0 Å². The van der Waals surface area contributed by atoms with Crippen LogP contribution in [0.5, 0.6) is 0 Å². The van der Waals surface area contributed by atoms with Crippen LogP contribution in [0.4, 0.5) is 0 Å². The second-order valence-electron chi connectivity index (χ2n) is 1.39. The summed E-state index contributed by atoms with van der Waals surface area (Å²) in [7, 11) is 0. The fraction of sp³-hybridized carbons (Fsp3) is 0.750. The Morgan fingerprint density at radius 1 is 2.00 bits per heavy atom. The lowest BCUT2D eigenvalue weighted by Gasteiger charge is -1.75. The molecule has 0 spiro atoms. The number of hydrogen-bond donors (Lipinski definition) is 1. The van der Waals surface area contributed by atoms with Gasteiger partial charge in [-0.15, -0.1) is 0 Å². The molecule has 1 fully saturated rings. The first-order valence-corrected chi connectivity index (χ1v) is 2.04. The van der Waals surface area contributed by atoms with Crippen LogP contribution in [0, 0.1) is 0 Å². The Balaban J connectivity index is 2.40. The van der Waals surface area contributed by atoms with Crippen molar-refractivity contribution in [2.75, 3.05) is 13.1 Å². The zero-order valence-corrected chi connectivity index (χ0v) is 3.48. The highest BCUT2D eigenvalue weighted by atomic mass is 16.1. The summed E-state index contributed by atoms with van der Waals surface area (Å²) in [6.07, 6.45) is 0.573. The van der Waals surface area contributed by atoms with Gasteiger partial charge in [-0.25, -0.2) is 0 Å². The Hall–Kier alpha value is -0.370. The standard InChI is InChI=1S/C4H7NO/c6-4-1-2-5-3-4/h5H,1-3H2/i/hD. The van der Waals surface area contributed by atoms with Crippen molar-refractivity contribution < 1.29 is 6.21 Å². The molecule has 1 heterocycles. The third-order valence-corrected chi connectivity index (χ3v) is 0.837. The first kappa shape index (κ1) is 2.75. The summed E-state index contributed by atoms with van der Waals surface area (Å²) in [5.74, 6) is 0.190. The summed E-state index contributed by atoms with van der Waals surface area (Å²) in [4.78, 5) is 10.3. The SMILES string of the molecule is [2H]N1CCC(=O)C1. The third-order valence-electron chi connectivity index (χ3n) is 0.837. The minimum Gasteiger partial charge on any atom is -0.310 e. The fourth-order valence-corrected chi connectivity index (χ4v) is 0.487. The van der Waals surface area contributed by atoms with Crippen molar-refractivity contribution in [3.63, 3.8) is 0 Å². The quantitative estimate of drug-likeness (QED) is 0.432. The van der Waals surface area contributed by atoms with Gasteiger partial charge in [0.25, 0.3) is 0 Å². The van der Waals surface area contributed by atoms with Crippen molar-refractivity contribution >= 4 is 5.78 Å². The summed E-state index contributed by atoms with van der Waals surface area (Å²) < 4.78 is 6.87. The van der Waals surface area contributed by atoms with E-state index < -0.39 is 0 Å². The molecule has 6 heavy (non-hydrogen) atoms. The van der Waals surface area contributed by atoms with Crippen molar-refractivity contribution in [2.24, 2.45) is 0 Å². The smallest absolute Gasteiger partial charge is 0.147 e. The van der Waals surface area contributed by atoms with Crippen LogP contribution in [-0.4, -0.2) is 18.9 Å². The zero-order chi connectivity index (χ0) is 5.28. The van der Waals surface area contributed by atoms with Crippen LogP contribution in [0.2, 0.25) is 1.41 Å². The molecule has 0 bridgehead atoms. The van der Waals surface area contributed by atoms with E-state index in [0.29, 0.717) is 19.5 Å². The van der Waals surface area contributed by atoms with Gasteiger partial charge >= 0.3 is 0 Å². The van der Waals surface area contributed by atoms with E-state index >= 15 is 0 Å². The summed E-state index contributed by atoms with van der Waals surface area (Å²) >= 11 is 0. The Kier molecular flexibility index (Phi) is 0.635. The Bertz CT molecular complexity index is 93.7. The van der Waals surface area contributed by atoms with E-state index in [-0.39, 0.29) is 5.78 Å². The van der Waals surface area contributed by atoms with Crippen molar-refractivity contribution in [3.05, 3.63) is 0 Å². The molecule has 0 aliphatic carbocycles. The van der Waals surface area contributed by atoms with E-state index in [2.05, 4.69) is 0 Å². The van der Waals surface area contributed by atoms with Gasteiger partial charge in [0.15, 0.2) is 0 Å². The number of carbonyl (C=O) groups excluding carboxylic acids is 1. The van der Waals surface area contributed by atoms with E-state index in [9.17, 15) is 4.79 Å². The molecule has 0 atom stereocenters. The number of Topliss-reactive ketones (excluding diaryl/α,β-unsaturated/α-hetero) is 1. The molecule has 2 nitrogen and oxygen atoms in total. The molecular formula is C4H7NO. The molecule has 1 aliphatic heterocycles. The van der Waals surface area contributed by atoms with E-state index in [1.54, 1.807) is 0 Å². The van der Waals surface area contributed by atoms with Gasteiger partial charge in [-0.1, -0.05) is 0 Å². The highest BCUT2D eigenvalue weighted by Gasteiger charge is 2.06. The molecule has 0 radical (unpaired) electrons. The molecule has 2 heteroatoms. The first-order chi connectivity index (χ1) is 3.29. The fourth-order valence-electron chi connectivity index (χ4n) is 0.487. The molecule has 1 N–H and O–H groups in total. The summed E-state index contributed by atoms with van der Waals surface area (Å²) in [6, 6.07) is 0. The van der Waals surface area contributed by atoms with Crippen LogP contribution in [0.1, 0.15) is 6.42 Å². The maximum atomic E-state index is 10.3. The maximum Gasteiger partial charge on any atom is 0.147 e. The molecule has 0 aromatic carbocycles. The van der Waals surface area contributed by atoms with Gasteiger partial charge in [-0.2, -0.15) is 0 Å². The number of nitrogens with one attached hydrogen (secondary N) is 1. The Morgan fingerprint density at radius 3 is 3.00 bits per heavy atom. The van der Waals surface area contributed by atoms with Gasteiger partial charge in [0.1, 0.15) is 7.20 Å². The van der Waals surface area contributed by atoms with Gasteiger partial charge < -0.3 is 5.31 Å². The maximum absolute atomic E-state index is 10.3. The summed E-state index contributed by atoms with van der Waals surface area (Å²) in [5.41, 5.74) is 0. The molecule has 1 aliphatic rings. The molecule has 34 valence electrons. The van der Waals surface area contributed by atoms with Crippen molar-refractivity contribution in [1.29, 1.82) is 0 Å². The van der Waals surface area contributed by atoms with Crippen LogP contribution in [-0.2, 0) is 4.79 Å². The Morgan fingerprint density at radius 2 is 2.83 bits per heavy atom. The molecule has 1 rings (SSSR count). The number of hydrogen-bond acceptors (Lipinski definition) is 2. The van der Waals surface area contributed by atoms with Crippen molar-refractivity contribution in [2.45, 2.75) is 6.42 Å². The van der Waals surface area contributed by atoms with E-state index in [1.165, 1.54) is 5.31 Å². The second-order valence-corrected chi connectivity index (χ2v) is 1.39. The van der Waals surface area contributed by atoms with Crippen LogP contribution in [0.15, 0.2) is 0 Å². The topological polar surface area (TPSA) is 29.1 Å². The normalized spacial score (nSPS) is 28.0. The van der Waals surface area contributed by atoms with Crippen LogP contribution in [0.3, 0.4) is 0 Å². The molecular weight excluding hydrogens is 78.0 g/mol.